The molecule has 0 saturated carbocycles. The Balaban J connectivity index is 1.88. The molecule has 1 aromatic heterocycles. The highest BCUT2D eigenvalue weighted by atomic mass is 19.4. The van der Waals surface area contributed by atoms with Crippen molar-refractivity contribution < 1.29 is 22.6 Å². The second-order valence-electron chi connectivity index (χ2n) is 4.68. The molecule has 0 bridgehead atoms. The highest BCUT2D eigenvalue weighted by molar-refractivity contribution is 5.73. The van der Waals surface area contributed by atoms with Crippen LogP contribution in [0.15, 0.2) is 49.0 Å². The van der Waals surface area contributed by atoms with Gasteiger partial charge in [-0.3, -0.25) is 0 Å². The zero-order chi connectivity index (χ0) is 15.9. The smallest absolute Gasteiger partial charge is 0.421 e. The summed E-state index contributed by atoms with van der Waals surface area (Å²) in [5.41, 5.74) is 2.22. The molecule has 22 heavy (non-hydrogen) atoms. The van der Waals surface area contributed by atoms with E-state index in [1.807, 2.05) is 6.07 Å². The van der Waals surface area contributed by atoms with Gasteiger partial charge in [0, 0.05) is 18.8 Å². The molecule has 7 heteroatoms. The molecule has 0 radical (unpaired) electrons. The molecule has 0 spiro atoms. The number of nitrogens with zero attached hydrogens (tertiary/aromatic N) is 2. The van der Waals surface area contributed by atoms with E-state index in [9.17, 15) is 13.2 Å². The number of hydrogen-bond donors (Lipinski definition) is 0. The maximum absolute atomic E-state index is 12.1. The van der Waals surface area contributed by atoms with Crippen molar-refractivity contribution >= 4 is 5.69 Å². The number of hydrogen-bond acceptors (Lipinski definition) is 4. The van der Waals surface area contributed by atoms with E-state index in [-0.39, 0.29) is 5.75 Å². The van der Waals surface area contributed by atoms with E-state index in [2.05, 4.69) is 16.3 Å². The van der Waals surface area contributed by atoms with Crippen molar-refractivity contribution in [3.8, 4) is 22.8 Å². The number of fused-ring (bicyclic) bond motifs is 1. The summed E-state index contributed by atoms with van der Waals surface area (Å²) >= 11 is 0. The summed E-state index contributed by atoms with van der Waals surface area (Å²) in [4.78, 5) is 5.93. The van der Waals surface area contributed by atoms with E-state index >= 15 is 0 Å². The summed E-state index contributed by atoms with van der Waals surface area (Å²) in [6, 6.07) is 7.43. The van der Waals surface area contributed by atoms with Gasteiger partial charge < -0.3 is 14.4 Å². The van der Waals surface area contributed by atoms with Gasteiger partial charge in [-0.05, 0) is 30.3 Å². The van der Waals surface area contributed by atoms with Crippen molar-refractivity contribution in [2.45, 2.75) is 6.36 Å². The number of alkyl halides is 3. The standard InChI is InChI=1S/C15H11F3N2O2/c1-9-20(2)13-7-11(8-19-14(13)21-9)10-3-5-12(6-4-10)22-15(16,17)18/h3-8H,1H2,2H3. The summed E-state index contributed by atoms with van der Waals surface area (Å²) in [5.74, 6) is 0.654. The molecular weight excluding hydrogens is 297 g/mol. The van der Waals surface area contributed by atoms with Crippen LogP contribution in [-0.2, 0) is 0 Å². The van der Waals surface area contributed by atoms with Crippen LogP contribution in [0.3, 0.4) is 0 Å². The van der Waals surface area contributed by atoms with Gasteiger partial charge in [0.05, 0.1) is 0 Å². The molecule has 4 nitrogen and oxygen atoms in total. The number of benzene rings is 1. The van der Waals surface area contributed by atoms with Gasteiger partial charge in [0.25, 0.3) is 0 Å². The van der Waals surface area contributed by atoms with Crippen molar-refractivity contribution in [2.75, 3.05) is 11.9 Å². The first-order valence-corrected chi connectivity index (χ1v) is 6.30. The molecule has 114 valence electrons. The lowest BCUT2D eigenvalue weighted by Crippen LogP contribution is -2.16. The first-order valence-electron chi connectivity index (χ1n) is 6.30. The van der Waals surface area contributed by atoms with E-state index < -0.39 is 6.36 Å². The van der Waals surface area contributed by atoms with Gasteiger partial charge in [0.2, 0.25) is 5.88 Å². The van der Waals surface area contributed by atoms with Crippen molar-refractivity contribution in [1.29, 1.82) is 0 Å². The molecular formula is C15H11F3N2O2. The van der Waals surface area contributed by atoms with Gasteiger partial charge in [0.1, 0.15) is 11.4 Å². The van der Waals surface area contributed by atoms with Crippen molar-refractivity contribution in [2.24, 2.45) is 0 Å². The van der Waals surface area contributed by atoms with Crippen LogP contribution in [0.5, 0.6) is 11.6 Å². The highest BCUT2D eigenvalue weighted by Crippen LogP contribution is 2.38. The van der Waals surface area contributed by atoms with Crippen LogP contribution in [0.1, 0.15) is 0 Å². The first kappa shape index (κ1) is 14.2. The molecule has 0 aliphatic carbocycles. The zero-order valence-electron chi connectivity index (χ0n) is 11.5. The second-order valence-corrected chi connectivity index (χ2v) is 4.68. The Kier molecular flexibility index (Phi) is 3.20. The Labute approximate surface area is 124 Å². The van der Waals surface area contributed by atoms with E-state index in [0.717, 1.165) is 16.8 Å². The lowest BCUT2D eigenvalue weighted by molar-refractivity contribution is -0.274. The average molecular weight is 308 g/mol. The molecule has 0 N–H and O–H groups in total. The maximum Gasteiger partial charge on any atom is 0.573 e. The Morgan fingerprint density at radius 3 is 2.50 bits per heavy atom. The topological polar surface area (TPSA) is 34.6 Å². The SMILES string of the molecule is C=C1Oc2ncc(-c3ccc(OC(F)(F)F)cc3)cc2N1C. The van der Waals surface area contributed by atoms with Gasteiger partial charge >= 0.3 is 6.36 Å². The van der Waals surface area contributed by atoms with Gasteiger partial charge in [-0.15, -0.1) is 13.2 Å². The quantitative estimate of drug-likeness (QED) is 0.841. The maximum atomic E-state index is 12.1. The molecule has 2 heterocycles. The van der Waals surface area contributed by atoms with Gasteiger partial charge in [-0.2, -0.15) is 0 Å². The van der Waals surface area contributed by atoms with Crippen molar-refractivity contribution in [3.05, 3.63) is 49.0 Å². The molecule has 0 saturated heterocycles. The Morgan fingerprint density at radius 1 is 1.18 bits per heavy atom. The van der Waals surface area contributed by atoms with E-state index in [1.165, 1.54) is 24.3 Å². The minimum atomic E-state index is -4.70. The van der Waals surface area contributed by atoms with Crippen LogP contribution in [0.2, 0.25) is 0 Å². The largest absolute Gasteiger partial charge is 0.573 e. The molecule has 1 aliphatic rings. The van der Waals surface area contributed by atoms with Crippen LogP contribution in [0.25, 0.3) is 11.1 Å². The van der Waals surface area contributed by atoms with Gasteiger partial charge in [-0.25, -0.2) is 4.98 Å². The van der Waals surface area contributed by atoms with Gasteiger partial charge in [-0.1, -0.05) is 12.1 Å². The molecule has 3 rings (SSSR count). The summed E-state index contributed by atoms with van der Waals surface area (Å²) in [6.45, 7) is 3.74. The predicted octanol–water partition coefficient (Wildman–Crippen LogP) is 3.95. The fourth-order valence-corrected chi connectivity index (χ4v) is 2.08. The van der Waals surface area contributed by atoms with Gasteiger partial charge in [0.15, 0.2) is 5.88 Å². The summed E-state index contributed by atoms with van der Waals surface area (Å²) in [5, 5.41) is 0. The third kappa shape index (κ3) is 2.69. The number of rotatable bonds is 2. The van der Waals surface area contributed by atoms with Crippen molar-refractivity contribution in [1.82, 2.24) is 4.98 Å². The molecule has 0 unspecified atom stereocenters. The number of anilines is 1. The van der Waals surface area contributed by atoms with Crippen molar-refractivity contribution in [3.63, 3.8) is 0 Å². The van der Waals surface area contributed by atoms with Crippen LogP contribution >= 0.6 is 0 Å². The van der Waals surface area contributed by atoms with Crippen LogP contribution in [0, 0.1) is 0 Å². The zero-order valence-corrected chi connectivity index (χ0v) is 11.5. The molecule has 0 atom stereocenters. The third-order valence-electron chi connectivity index (χ3n) is 3.20. The minimum absolute atomic E-state index is 0.265. The second kappa shape index (κ2) is 4.94. The molecule has 0 amide bonds. The average Bonchev–Trinajstić information content (AvgIpc) is 2.73. The fourth-order valence-electron chi connectivity index (χ4n) is 2.08. The Bertz CT molecular complexity index is 727. The highest BCUT2D eigenvalue weighted by Gasteiger charge is 2.31. The summed E-state index contributed by atoms with van der Waals surface area (Å²) in [6.07, 6.45) is -3.11. The summed E-state index contributed by atoms with van der Waals surface area (Å²) in [7, 11) is 1.79. The third-order valence-corrected chi connectivity index (χ3v) is 3.20. The number of aromatic nitrogens is 1. The Morgan fingerprint density at radius 2 is 1.86 bits per heavy atom. The van der Waals surface area contributed by atoms with E-state index in [4.69, 9.17) is 4.74 Å². The molecule has 2 aromatic rings. The minimum Gasteiger partial charge on any atom is -0.421 e. The first-order chi connectivity index (χ1) is 10.3. The molecule has 1 aliphatic heterocycles. The van der Waals surface area contributed by atoms with Crippen LogP contribution in [-0.4, -0.2) is 18.4 Å². The number of ether oxygens (including phenoxy) is 2. The van der Waals surface area contributed by atoms with E-state index in [1.54, 1.807) is 18.1 Å². The van der Waals surface area contributed by atoms with Crippen LogP contribution in [0.4, 0.5) is 18.9 Å². The van der Waals surface area contributed by atoms with E-state index in [0.29, 0.717) is 11.8 Å². The predicted molar refractivity (Wildman–Crippen MR) is 74.5 cm³/mol. The lowest BCUT2D eigenvalue weighted by Gasteiger charge is -2.11. The monoisotopic (exact) mass is 308 g/mol. The molecule has 0 fully saturated rings. The fraction of sp³-hybridized carbons (Fsp3) is 0.133. The normalized spacial score (nSPS) is 13.8. The number of pyridine rings is 1. The number of halogens is 3. The Hall–Kier alpha value is -2.70. The van der Waals surface area contributed by atoms with Crippen LogP contribution < -0.4 is 14.4 Å². The summed E-state index contributed by atoms with van der Waals surface area (Å²) < 4.78 is 45.6. The lowest BCUT2D eigenvalue weighted by atomic mass is 10.1. The molecule has 1 aromatic carbocycles.